The fraction of sp³-hybridized carbons (Fsp3) is 0.250. The van der Waals surface area contributed by atoms with Crippen molar-refractivity contribution in [3.05, 3.63) is 29.3 Å². The maximum atomic E-state index is 5.78. The van der Waals surface area contributed by atoms with Crippen molar-refractivity contribution in [3.63, 3.8) is 0 Å². The summed E-state index contributed by atoms with van der Waals surface area (Å²) < 4.78 is 0. The van der Waals surface area contributed by atoms with Gasteiger partial charge in [-0.15, -0.1) is 0 Å². The molecule has 0 N–H and O–H groups in total. The standard InChI is InChI=1S/C8H9B4/c1-6-4-3-5-8(7(6)2)12(10)11-9/h3-5H,1-2H3. The van der Waals surface area contributed by atoms with Crippen LogP contribution in [0.1, 0.15) is 11.1 Å². The van der Waals surface area contributed by atoms with Crippen LogP contribution in [0.4, 0.5) is 0 Å². The van der Waals surface area contributed by atoms with Gasteiger partial charge in [-0.25, -0.2) is 0 Å². The van der Waals surface area contributed by atoms with Crippen LogP contribution < -0.4 is 5.46 Å². The van der Waals surface area contributed by atoms with Crippen LogP contribution in [0.25, 0.3) is 0 Å². The molecule has 0 aliphatic carbocycles. The Morgan fingerprint density at radius 1 is 1.33 bits per heavy atom. The lowest BCUT2D eigenvalue weighted by Crippen LogP contribution is -2.39. The summed E-state index contributed by atoms with van der Waals surface area (Å²) in [5, 5.41) is 0. The molecule has 5 radical (unpaired) electrons. The Balaban J connectivity index is 3.07. The number of aryl methyl sites for hydroxylation is 1. The van der Waals surface area contributed by atoms with Crippen molar-refractivity contribution < 1.29 is 0 Å². The Bertz CT molecular complexity index is 272. The molecule has 4 heteroatoms. The van der Waals surface area contributed by atoms with Crippen LogP contribution in [0.15, 0.2) is 18.2 Å². The number of hydrogen-bond donors (Lipinski definition) is 0. The molecule has 12 heavy (non-hydrogen) atoms. The van der Waals surface area contributed by atoms with Gasteiger partial charge >= 0.3 is 0 Å². The first-order valence-corrected chi connectivity index (χ1v) is 4.03. The monoisotopic (exact) mass is 149 g/mol. The second-order valence-corrected chi connectivity index (χ2v) is 3.01. The van der Waals surface area contributed by atoms with Crippen LogP contribution >= 0.6 is 0 Å². The van der Waals surface area contributed by atoms with Gasteiger partial charge in [-0.05, 0) is 19.4 Å². The maximum Gasteiger partial charge on any atom is 0.0809 e. The average molecular weight is 148 g/mol. The van der Waals surface area contributed by atoms with Crippen LogP contribution in [0.5, 0.6) is 0 Å². The Hall–Kier alpha value is -0.520. The molecule has 0 nitrogen and oxygen atoms in total. The summed E-state index contributed by atoms with van der Waals surface area (Å²) in [4.78, 5) is 0. The highest BCUT2D eigenvalue weighted by Gasteiger charge is 2.08. The van der Waals surface area contributed by atoms with E-state index in [-0.39, 0.29) is 6.49 Å². The van der Waals surface area contributed by atoms with Crippen LogP contribution in [-0.4, -0.2) is 29.0 Å². The van der Waals surface area contributed by atoms with Crippen LogP contribution in [0.2, 0.25) is 0 Å². The van der Waals surface area contributed by atoms with Crippen molar-refractivity contribution in [1.82, 2.24) is 0 Å². The summed E-state index contributed by atoms with van der Waals surface area (Å²) in [6.07, 6.45) is 0. The predicted octanol–water partition coefficient (Wildman–Crippen LogP) is -0.0452. The summed E-state index contributed by atoms with van der Waals surface area (Å²) in [5.74, 6) is 0. The second-order valence-electron chi connectivity index (χ2n) is 3.01. The summed E-state index contributed by atoms with van der Waals surface area (Å²) in [6.45, 7) is 3.99. The van der Waals surface area contributed by atoms with Gasteiger partial charge in [0.05, 0.1) is 6.49 Å². The fourth-order valence-corrected chi connectivity index (χ4v) is 1.24. The van der Waals surface area contributed by atoms with E-state index >= 15 is 0 Å². The summed E-state index contributed by atoms with van der Waals surface area (Å²) in [7, 11) is 12.7. The highest BCUT2D eigenvalue weighted by molar-refractivity contribution is 7.50. The Labute approximate surface area is 78.2 Å². The zero-order valence-corrected chi connectivity index (χ0v) is 7.54. The normalized spacial score (nSPS) is 9.50. The van der Waals surface area contributed by atoms with Crippen LogP contribution in [-0.2, 0) is 0 Å². The number of benzene rings is 1. The van der Waals surface area contributed by atoms with E-state index in [0.29, 0.717) is 0 Å². The minimum Gasteiger partial charge on any atom is -0.0961 e. The molecule has 0 unspecified atom stereocenters. The SMILES string of the molecule is [B][B]B([B])c1cccc(C)c1C. The summed E-state index contributed by atoms with van der Waals surface area (Å²) >= 11 is 0. The molecule has 53 valence electrons. The summed E-state index contributed by atoms with van der Waals surface area (Å²) in [5.41, 5.74) is 3.59. The van der Waals surface area contributed by atoms with Gasteiger partial charge < -0.3 is 0 Å². The molecular weight excluding hydrogens is 139 g/mol. The van der Waals surface area contributed by atoms with Crippen LogP contribution in [0, 0.1) is 13.8 Å². The third-order valence-electron chi connectivity index (χ3n) is 2.21. The van der Waals surface area contributed by atoms with Gasteiger partial charge in [0, 0.05) is 22.5 Å². The largest absolute Gasteiger partial charge is 0.0961 e. The minimum absolute atomic E-state index is 0.148. The second kappa shape index (κ2) is 3.93. The Morgan fingerprint density at radius 3 is 2.58 bits per heavy atom. The zero-order chi connectivity index (χ0) is 9.14. The molecule has 0 bridgehead atoms. The van der Waals surface area contributed by atoms with E-state index in [0.717, 1.165) is 5.46 Å². The zero-order valence-electron chi connectivity index (χ0n) is 7.54. The maximum absolute atomic E-state index is 5.78. The molecule has 0 amide bonds. The first kappa shape index (κ1) is 9.57. The minimum atomic E-state index is -0.148. The predicted molar refractivity (Wildman–Crippen MR) is 58.6 cm³/mol. The molecule has 0 spiro atoms. The molecule has 0 saturated carbocycles. The van der Waals surface area contributed by atoms with Gasteiger partial charge in [-0.1, -0.05) is 29.2 Å². The van der Waals surface area contributed by atoms with Crippen molar-refractivity contribution >= 4 is 34.5 Å². The van der Waals surface area contributed by atoms with Gasteiger partial charge in [0.15, 0.2) is 0 Å². The van der Waals surface area contributed by atoms with Crippen molar-refractivity contribution in [2.24, 2.45) is 0 Å². The fourth-order valence-electron chi connectivity index (χ4n) is 1.24. The van der Waals surface area contributed by atoms with E-state index in [9.17, 15) is 0 Å². The van der Waals surface area contributed by atoms with E-state index < -0.39 is 0 Å². The smallest absolute Gasteiger partial charge is 0.0809 e. The van der Waals surface area contributed by atoms with Gasteiger partial charge in [0.1, 0.15) is 0 Å². The van der Waals surface area contributed by atoms with Crippen molar-refractivity contribution in [2.75, 3.05) is 0 Å². The third-order valence-corrected chi connectivity index (χ3v) is 2.21. The van der Waals surface area contributed by atoms with Gasteiger partial charge in [-0.3, -0.25) is 0 Å². The van der Waals surface area contributed by atoms with E-state index in [1.165, 1.54) is 18.2 Å². The Morgan fingerprint density at radius 2 is 2.00 bits per heavy atom. The molecule has 0 heterocycles. The third kappa shape index (κ3) is 1.80. The molecule has 0 aliphatic rings. The van der Waals surface area contributed by atoms with Gasteiger partial charge in [-0.2, -0.15) is 0 Å². The molecule has 0 atom stereocenters. The molecule has 0 aliphatic heterocycles. The average Bonchev–Trinajstić information content (AvgIpc) is 2.08. The highest BCUT2D eigenvalue weighted by atomic mass is 14.0. The number of hydrogen-bond acceptors (Lipinski definition) is 0. The van der Waals surface area contributed by atoms with E-state index in [2.05, 4.69) is 19.9 Å². The van der Waals surface area contributed by atoms with E-state index in [1.807, 2.05) is 12.1 Å². The molecular formula is C8H9B4. The van der Waals surface area contributed by atoms with Crippen molar-refractivity contribution in [1.29, 1.82) is 0 Å². The lowest BCUT2D eigenvalue weighted by atomic mass is 9.03. The topological polar surface area (TPSA) is 0 Å². The molecule has 1 aromatic rings. The lowest BCUT2D eigenvalue weighted by molar-refractivity contribution is 1.37. The van der Waals surface area contributed by atoms with Crippen LogP contribution in [0.3, 0.4) is 0 Å². The molecule has 1 aromatic carbocycles. The Kier molecular flexibility index (Phi) is 3.13. The number of rotatable bonds is 2. The molecule has 0 fully saturated rings. The molecule has 0 saturated heterocycles. The van der Waals surface area contributed by atoms with E-state index in [4.69, 9.17) is 15.5 Å². The lowest BCUT2D eigenvalue weighted by Gasteiger charge is -2.12. The molecule has 0 aromatic heterocycles. The highest BCUT2D eigenvalue weighted by Crippen LogP contribution is 2.02. The quantitative estimate of drug-likeness (QED) is 0.516. The van der Waals surface area contributed by atoms with Crippen molar-refractivity contribution in [2.45, 2.75) is 13.8 Å². The van der Waals surface area contributed by atoms with Gasteiger partial charge in [0.2, 0.25) is 0 Å². The van der Waals surface area contributed by atoms with Gasteiger partial charge in [0.25, 0.3) is 0 Å². The first-order chi connectivity index (χ1) is 5.66. The molecule has 1 rings (SSSR count). The first-order valence-electron chi connectivity index (χ1n) is 4.03. The summed E-state index contributed by atoms with van der Waals surface area (Å²) in [6, 6.07) is 6.08. The van der Waals surface area contributed by atoms with E-state index in [1.54, 1.807) is 0 Å². The van der Waals surface area contributed by atoms with Crippen molar-refractivity contribution in [3.8, 4) is 0 Å².